The molecule has 2 unspecified atom stereocenters. The lowest BCUT2D eigenvalue weighted by Gasteiger charge is -2.51. The molecule has 18 heavy (non-hydrogen) atoms. The second-order valence-electron chi connectivity index (χ2n) is 5.24. The van der Waals surface area contributed by atoms with Gasteiger partial charge >= 0.3 is 0 Å². The van der Waals surface area contributed by atoms with Crippen molar-refractivity contribution < 1.29 is 4.74 Å². The monoisotopic (exact) mass is 245 g/mol. The van der Waals surface area contributed by atoms with Crippen LogP contribution in [0.3, 0.4) is 0 Å². The van der Waals surface area contributed by atoms with E-state index in [1.165, 1.54) is 0 Å². The molecule has 4 nitrogen and oxygen atoms in total. The summed E-state index contributed by atoms with van der Waals surface area (Å²) in [6.45, 7) is 7.20. The maximum atomic E-state index is 8.72. The largest absolute Gasteiger partial charge is 0.378 e. The Bertz CT molecular complexity index is 447. The van der Waals surface area contributed by atoms with E-state index >= 15 is 0 Å². The van der Waals surface area contributed by atoms with Crippen LogP contribution in [0.4, 0.5) is 5.82 Å². The summed E-state index contributed by atoms with van der Waals surface area (Å²) in [5, 5.41) is 12.1. The number of anilines is 1. The molecule has 0 bridgehead atoms. The lowest BCUT2D eigenvalue weighted by Crippen LogP contribution is -2.58. The van der Waals surface area contributed by atoms with E-state index in [1.807, 2.05) is 13.0 Å². The lowest BCUT2D eigenvalue weighted by atomic mass is 9.64. The highest BCUT2D eigenvalue weighted by atomic mass is 16.5. The Morgan fingerprint density at radius 1 is 1.56 bits per heavy atom. The summed E-state index contributed by atoms with van der Waals surface area (Å²) in [5.41, 5.74) is 0.701. The topological polar surface area (TPSA) is 57.9 Å². The highest BCUT2D eigenvalue weighted by molar-refractivity contribution is 5.41. The predicted octanol–water partition coefficient (Wildman–Crippen LogP) is 2.57. The predicted molar refractivity (Wildman–Crippen MR) is 70.2 cm³/mol. The zero-order valence-electron chi connectivity index (χ0n) is 11.1. The van der Waals surface area contributed by atoms with Gasteiger partial charge in [-0.25, -0.2) is 4.98 Å². The molecule has 1 aliphatic carbocycles. The van der Waals surface area contributed by atoms with Gasteiger partial charge < -0.3 is 10.1 Å². The maximum Gasteiger partial charge on any atom is 0.126 e. The number of rotatable bonds is 4. The zero-order valence-corrected chi connectivity index (χ0v) is 11.1. The Balaban J connectivity index is 1.97. The molecule has 0 radical (unpaired) electrons. The number of nitriles is 1. The molecule has 1 N–H and O–H groups in total. The molecule has 2 rings (SSSR count). The first kappa shape index (κ1) is 12.8. The second-order valence-corrected chi connectivity index (χ2v) is 5.24. The molecule has 2 atom stereocenters. The summed E-state index contributed by atoms with van der Waals surface area (Å²) >= 11 is 0. The van der Waals surface area contributed by atoms with Crippen molar-refractivity contribution in [1.29, 1.82) is 5.26 Å². The zero-order chi connectivity index (χ0) is 13.2. The van der Waals surface area contributed by atoms with E-state index in [0.29, 0.717) is 17.7 Å². The first-order chi connectivity index (χ1) is 8.57. The van der Waals surface area contributed by atoms with Crippen molar-refractivity contribution in [3.05, 3.63) is 23.9 Å². The number of nitrogens with one attached hydrogen (secondary N) is 1. The molecule has 0 aliphatic heterocycles. The smallest absolute Gasteiger partial charge is 0.126 e. The van der Waals surface area contributed by atoms with Crippen molar-refractivity contribution in [2.45, 2.75) is 39.3 Å². The average molecular weight is 245 g/mol. The molecular weight excluding hydrogens is 226 g/mol. The minimum absolute atomic E-state index is 0.117. The van der Waals surface area contributed by atoms with Gasteiger partial charge in [-0.3, -0.25) is 0 Å². The molecule has 1 fully saturated rings. The minimum atomic E-state index is 0.117. The molecule has 4 heteroatoms. The molecule has 1 aromatic rings. The number of nitrogens with zero attached hydrogens (tertiary/aromatic N) is 2. The highest BCUT2D eigenvalue weighted by Gasteiger charge is 2.48. The third kappa shape index (κ3) is 2.32. The van der Waals surface area contributed by atoms with Crippen LogP contribution >= 0.6 is 0 Å². The number of ether oxygens (including phenoxy) is 1. The van der Waals surface area contributed by atoms with Crippen LogP contribution in [0.5, 0.6) is 0 Å². The highest BCUT2D eigenvalue weighted by Crippen LogP contribution is 2.44. The van der Waals surface area contributed by atoms with E-state index in [1.54, 1.807) is 12.3 Å². The van der Waals surface area contributed by atoms with E-state index in [9.17, 15) is 0 Å². The quantitative estimate of drug-likeness (QED) is 0.885. The summed E-state index contributed by atoms with van der Waals surface area (Å²) in [4.78, 5) is 4.23. The second kappa shape index (κ2) is 4.95. The molecule has 0 saturated heterocycles. The molecule has 0 aromatic carbocycles. The third-order valence-electron chi connectivity index (χ3n) is 3.76. The molecule has 1 heterocycles. The molecule has 96 valence electrons. The van der Waals surface area contributed by atoms with Crippen molar-refractivity contribution in [1.82, 2.24) is 4.98 Å². The summed E-state index contributed by atoms with van der Waals surface area (Å²) in [6, 6.07) is 6.06. The number of aromatic nitrogens is 1. The normalized spacial score (nSPS) is 25.0. The number of hydrogen-bond donors (Lipinski definition) is 1. The van der Waals surface area contributed by atoms with Gasteiger partial charge in [-0.2, -0.15) is 5.26 Å². The van der Waals surface area contributed by atoms with Crippen LogP contribution < -0.4 is 5.32 Å². The van der Waals surface area contributed by atoms with Gasteiger partial charge in [0.05, 0.1) is 11.7 Å². The van der Waals surface area contributed by atoms with E-state index < -0.39 is 0 Å². The molecule has 0 spiro atoms. The van der Waals surface area contributed by atoms with Crippen LogP contribution in [0.15, 0.2) is 18.3 Å². The van der Waals surface area contributed by atoms with Gasteiger partial charge in [0.2, 0.25) is 0 Å². The van der Waals surface area contributed by atoms with Gasteiger partial charge in [0.15, 0.2) is 0 Å². The summed E-state index contributed by atoms with van der Waals surface area (Å²) < 4.78 is 5.69. The Kier molecular flexibility index (Phi) is 3.53. The molecule has 1 aliphatic rings. The maximum absolute atomic E-state index is 8.72. The minimum Gasteiger partial charge on any atom is -0.378 e. The summed E-state index contributed by atoms with van der Waals surface area (Å²) in [6.07, 6.45) is 2.91. The van der Waals surface area contributed by atoms with E-state index in [2.05, 4.69) is 30.2 Å². The Hall–Kier alpha value is -1.60. The fourth-order valence-corrected chi connectivity index (χ4v) is 2.34. The van der Waals surface area contributed by atoms with Gasteiger partial charge in [0.1, 0.15) is 11.9 Å². The van der Waals surface area contributed by atoms with Crippen molar-refractivity contribution in [2.24, 2.45) is 5.41 Å². The van der Waals surface area contributed by atoms with E-state index in [-0.39, 0.29) is 5.41 Å². The standard InChI is InChI=1S/C14H19N3O/c1-4-18-12-7-11(14(12,2)3)17-13-6-5-10(8-15)9-16-13/h5-6,9,11-12H,4,7H2,1-3H3,(H,16,17). The Labute approximate surface area is 108 Å². The third-order valence-corrected chi connectivity index (χ3v) is 3.76. The van der Waals surface area contributed by atoms with Gasteiger partial charge in [-0.1, -0.05) is 13.8 Å². The van der Waals surface area contributed by atoms with Crippen LogP contribution in [0.25, 0.3) is 0 Å². The van der Waals surface area contributed by atoms with Crippen LogP contribution in [0, 0.1) is 16.7 Å². The lowest BCUT2D eigenvalue weighted by molar-refractivity contribution is -0.0976. The number of pyridine rings is 1. The van der Waals surface area contributed by atoms with Gasteiger partial charge in [0, 0.05) is 24.3 Å². The van der Waals surface area contributed by atoms with Gasteiger partial charge in [-0.05, 0) is 25.5 Å². The first-order valence-corrected chi connectivity index (χ1v) is 6.32. The van der Waals surface area contributed by atoms with Crippen molar-refractivity contribution >= 4 is 5.82 Å². The molecular formula is C14H19N3O. The first-order valence-electron chi connectivity index (χ1n) is 6.32. The SMILES string of the molecule is CCOC1CC(Nc2ccc(C#N)cn2)C1(C)C. The molecule has 0 amide bonds. The van der Waals surface area contributed by atoms with Crippen molar-refractivity contribution in [3.63, 3.8) is 0 Å². The van der Waals surface area contributed by atoms with E-state index in [4.69, 9.17) is 10.00 Å². The van der Waals surface area contributed by atoms with Crippen molar-refractivity contribution in [3.8, 4) is 6.07 Å². The number of hydrogen-bond acceptors (Lipinski definition) is 4. The van der Waals surface area contributed by atoms with Crippen molar-refractivity contribution in [2.75, 3.05) is 11.9 Å². The summed E-state index contributed by atoms with van der Waals surface area (Å²) in [5.74, 6) is 0.821. The Morgan fingerprint density at radius 3 is 2.83 bits per heavy atom. The fraction of sp³-hybridized carbons (Fsp3) is 0.571. The van der Waals surface area contributed by atoms with Gasteiger partial charge in [0.25, 0.3) is 0 Å². The van der Waals surface area contributed by atoms with Gasteiger partial charge in [-0.15, -0.1) is 0 Å². The van der Waals surface area contributed by atoms with Crippen LogP contribution in [0.2, 0.25) is 0 Å². The van der Waals surface area contributed by atoms with Crippen LogP contribution in [0.1, 0.15) is 32.8 Å². The van der Waals surface area contributed by atoms with Crippen LogP contribution in [-0.2, 0) is 4.74 Å². The fourth-order valence-electron chi connectivity index (χ4n) is 2.34. The average Bonchev–Trinajstić information content (AvgIpc) is 2.38. The van der Waals surface area contributed by atoms with E-state index in [0.717, 1.165) is 18.8 Å². The summed E-state index contributed by atoms with van der Waals surface area (Å²) in [7, 11) is 0. The molecule has 1 saturated carbocycles. The molecule has 1 aromatic heterocycles. The van der Waals surface area contributed by atoms with Crippen LogP contribution in [-0.4, -0.2) is 23.7 Å². The Morgan fingerprint density at radius 2 is 2.33 bits per heavy atom.